The number of carbonyl (C=O) groups is 3. The van der Waals surface area contributed by atoms with E-state index in [9.17, 15) is 14.4 Å². The van der Waals surface area contributed by atoms with Crippen LogP contribution in [0.1, 0.15) is 65.3 Å². The molecule has 0 saturated carbocycles. The molecule has 6 heteroatoms. The minimum absolute atomic E-state index is 0.0111. The van der Waals surface area contributed by atoms with Gasteiger partial charge in [-0.3, -0.25) is 4.79 Å². The maximum atomic E-state index is 10.6. The summed E-state index contributed by atoms with van der Waals surface area (Å²) in [5.74, 6) is -2.91. The van der Waals surface area contributed by atoms with Gasteiger partial charge in [0.05, 0.1) is 11.1 Å². The molecule has 122 valence electrons. The standard InChI is InChI=1S/C9H8O4.C7H14O2/c1-5-2-3-6(8(10)11)4-7(5)9(12)13;1-2-3-4-5-6-7(8)9/h2-4H,1H3,(H,10,11)(H,12,13);2-6H2,1H3,(H,8,9). The fourth-order valence-corrected chi connectivity index (χ4v) is 1.69. The van der Waals surface area contributed by atoms with Crippen molar-refractivity contribution in [3.8, 4) is 0 Å². The van der Waals surface area contributed by atoms with Crippen LogP contribution < -0.4 is 0 Å². The molecule has 1 rings (SSSR count). The molecular formula is C16H22O6. The molecule has 1 aromatic rings. The number of hydrogen-bond acceptors (Lipinski definition) is 3. The quantitative estimate of drug-likeness (QED) is 0.665. The van der Waals surface area contributed by atoms with E-state index < -0.39 is 17.9 Å². The van der Waals surface area contributed by atoms with Crippen LogP contribution >= 0.6 is 0 Å². The summed E-state index contributed by atoms with van der Waals surface area (Å²) in [5, 5.41) is 25.5. The van der Waals surface area contributed by atoms with Crippen molar-refractivity contribution in [2.75, 3.05) is 0 Å². The van der Waals surface area contributed by atoms with E-state index in [-0.39, 0.29) is 11.1 Å². The summed E-state index contributed by atoms with van der Waals surface area (Å²) >= 11 is 0. The van der Waals surface area contributed by atoms with Crippen molar-refractivity contribution in [3.63, 3.8) is 0 Å². The average molecular weight is 310 g/mol. The van der Waals surface area contributed by atoms with E-state index >= 15 is 0 Å². The lowest BCUT2D eigenvalue weighted by Crippen LogP contribution is -2.03. The SMILES string of the molecule is CCCCCCC(=O)O.Cc1ccc(C(=O)O)cc1C(=O)O. The number of aryl methyl sites for hydroxylation is 1. The molecule has 0 bridgehead atoms. The largest absolute Gasteiger partial charge is 0.481 e. The summed E-state index contributed by atoms with van der Waals surface area (Å²) in [5.41, 5.74) is 0.570. The molecule has 0 aliphatic heterocycles. The molecule has 0 saturated heterocycles. The number of carboxylic acids is 3. The van der Waals surface area contributed by atoms with Gasteiger partial charge in [0, 0.05) is 6.42 Å². The van der Waals surface area contributed by atoms with Gasteiger partial charge in [0.25, 0.3) is 0 Å². The van der Waals surface area contributed by atoms with Gasteiger partial charge in [-0.15, -0.1) is 0 Å². The van der Waals surface area contributed by atoms with E-state index in [1.54, 1.807) is 6.92 Å². The number of aliphatic carboxylic acids is 1. The third kappa shape index (κ3) is 8.04. The molecular weight excluding hydrogens is 288 g/mol. The lowest BCUT2D eigenvalue weighted by Gasteiger charge is -2.01. The molecule has 0 aliphatic rings. The monoisotopic (exact) mass is 310 g/mol. The fraction of sp³-hybridized carbons (Fsp3) is 0.438. The normalized spacial score (nSPS) is 9.55. The van der Waals surface area contributed by atoms with E-state index in [1.165, 1.54) is 18.6 Å². The second kappa shape index (κ2) is 10.4. The zero-order valence-electron chi connectivity index (χ0n) is 12.8. The summed E-state index contributed by atoms with van der Waals surface area (Å²) in [4.78, 5) is 31.1. The van der Waals surface area contributed by atoms with Crippen molar-refractivity contribution < 1.29 is 29.7 Å². The molecule has 0 heterocycles. The predicted octanol–water partition coefficient (Wildman–Crippen LogP) is 3.43. The third-order valence-electron chi connectivity index (χ3n) is 2.96. The minimum Gasteiger partial charge on any atom is -0.481 e. The van der Waals surface area contributed by atoms with Gasteiger partial charge in [-0.1, -0.05) is 32.3 Å². The summed E-state index contributed by atoms with van der Waals surface area (Å²) < 4.78 is 0. The first kappa shape index (κ1) is 19.6. The Labute approximate surface area is 129 Å². The van der Waals surface area contributed by atoms with Crippen molar-refractivity contribution in [2.45, 2.75) is 46.0 Å². The molecule has 0 amide bonds. The summed E-state index contributed by atoms with van der Waals surface area (Å²) in [6.07, 6.45) is 4.55. The Hall–Kier alpha value is -2.37. The Morgan fingerprint density at radius 1 is 0.955 bits per heavy atom. The molecule has 3 N–H and O–H groups in total. The number of benzene rings is 1. The van der Waals surface area contributed by atoms with Crippen LogP contribution in [0.3, 0.4) is 0 Å². The lowest BCUT2D eigenvalue weighted by atomic mass is 10.1. The number of hydrogen-bond donors (Lipinski definition) is 3. The number of carboxylic acid groups (broad SMARTS) is 3. The van der Waals surface area contributed by atoms with E-state index in [2.05, 4.69) is 6.92 Å². The smallest absolute Gasteiger partial charge is 0.335 e. The third-order valence-corrected chi connectivity index (χ3v) is 2.96. The number of unbranched alkanes of at least 4 members (excludes halogenated alkanes) is 3. The van der Waals surface area contributed by atoms with E-state index in [4.69, 9.17) is 15.3 Å². The van der Waals surface area contributed by atoms with Crippen molar-refractivity contribution in [1.82, 2.24) is 0 Å². The molecule has 0 unspecified atom stereocenters. The first-order valence-electron chi connectivity index (χ1n) is 7.08. The molecule has 0 fully saturated rings. The van der Waals surface area contributed by atoms with Crippen LogP contribution in [0, 0.1) is 6.92 Å². The summed E-state index contributed by atoms with van der Waals surface area (Å²) in [6, 6.07) is 4.01. The Bertz CT molecular complexity index is 521. The van der Waals surface area contributed by atoms with E-state index in [0.29, 0.717) is 12.0 Å². The van der Waals surface area contributed by atoms with Gasteiger partial charge in [-0.05, 0) is 31.0 Å². The van der Waals surface area contributed by atoms with Gasteiger partial charge in [-0.25, -0.2) is 9.59 Å². The topological polar surface area (TPSA) is 112 Å². The van der Waals surface area contributed by atoms with Crippen molar-refractivity contribution in [2.24, 2.45) is 0 Å². The van der Waals surface area contributed by atoms with Crippen molar-refractivity contribution in [3.05, 3.63) is 34.9 Å². The first-order chi connectivity index (χ1) is 10.3. The van der Waals surface area contributed by atoms with Gasteiger partial charge < -0.3 is 15.3 Å². The fourth-order valence-electron chi connectivity index (χ4n) is 1.69. The minimum atomic E-state index is -1.12. The highest BCUT2D eigenvalue weighted by Crippen LogP contribution is 2.11. The van der Waals surface area contributed by atoms with Gasteiger partial charge in [-0.2, -0.15) is 0 Å². The maximum absolute atomic E-state index is 10.6. The molecule has 6 nitrogen and oxygen atoms in total. The van der Waals surface area contributed by atoms with Gasteiger partial charge >= 0.3 is 17.9 Å². The molecule has 0 aromatic heterocycles. The molecule has 0 aliphatic carbocycles. The van der Waals surface area contributed by atoms with Crippen LogP contribution in [0.2, 0.25) is 0 Å². The van der Waals surface area contributed by atoms with Crippen LogP contribution in [0.5, 0.6) is 0 Å². The lowest BCUT2D eigenvalue weighted by molar-refractivity contribution is -0.137. The second-order valence-corrected chi connectivity index (χ2v) is 4.84. The Morgan fingerprint density at radius 2 is 1.59 bits per heavy atom. The number of rotatable bonds is 7. The highest BCUT2D eigenvalue weighted by atomic mass is 16.4. The van der Waals surface area contributed by atoms with Crippen LogP contribution in [0.15, 0.2) is 18.2 Å². The molecule has 22 heavy (non-hydrogen) atoms. The maximum Gasteiger partial charge on any atom is 0.335 e. The van der Waals surface area contributed by atoms with Gasteiger partial charge in [0.15, 0.2) is 0 Å². The highest BCUT2D eigenvalue weighted by molar-refractivity contribution is 5.94. The average Bonchev–Trinajstić information content (AvgIpc) is 2.44. The Morgan fingerprint density at radius 3 is 2.05 bits per heavy atom. The zero-order valence-corrected chi connectivity index (χ0v) is 12.8. The van der Waals surface area contributed by atoms with Crippen molar-refractivity contribution in [1.29, 1.82) is 0 Å². The Kier molecular flexibility index (Phi) is 9.25. The van der Waals surface area contributed by atoms with Gasteiger partial charge in [0.1, 0.15) is 0 Å². The molecule has 1 aromatic carbocycles. The predicted molar refractivity (Wildman–Crippen MR) is 81.5 cm³/mol. The summed E-state index contributed by atoms with van der Waals surface area (Å²) in [6.45, 7) is 3.73. The van der Waals surface area contributed by atoms with E-state index in [1.807, 2.05) is 0 Å². The van der Waals surface area contributed by atoms with Crippen LogP contribution in [-0.4, -0.2) is 33.2 Å². The van der Waals surface area contributed by atoms with E-state index in [0.717, 1.165) is 25.3 Å². The van der Waals surface area contributed by atoms with Crippen LogP contribution in [-0.2, 0) is 4.79 Å². The van der Waals surface area contributed by atoms with Crippen molar-refractivity contribution >= 4 is 17.9 Å². The van der Waals surface area contributed by atoms with Crippen LogP contribution in [0.4, 0.5) is 0 Å². The molecule has 0 atom stereocenters. The van der Waals surface area contributed by atoms with Crippen LogP contribution in [0.25, 0.3) is 0 Å². The Balaban J connectivity index is 0.000000433. The molecule has 0 spiro atoms. The first-order valence-corrected chi connectivity index (χ1v) is 7.08. The highest BCUT2D eigenvalue weighted by Gasteiger charge is 2.10. The summed E-state index contributed by atoms with van der Waals surface area (Å²) in [7, 11) is 0. The second-order valence-electron chi connectivity index (χ2n) is 4.84. The number of aromatic carboxylic acids is 2. The van der Waals surface area contributed by atoms with Gasteiger partial charge in [0.2, 0.25) is 0 Å². The molecule has 0 radical (unpaired) electrons. The zero-order chi connectivity index (χ0) is 17.1.